The van der Waals surface area contributed by atoms with Crippen molar-refractivity contribution in [3.05, 3.63) is 23.0 Å². The Kier molecular flexibility index (Phi) is 5.32. The van der Waals surface area contributed by atoms with Crippen LogP contribution < -0.4 is 5.32 Å². The molecule has 0 fully saturated rings. The molecule has 0 unspecified atom stereocenters. The summed E-state index contributed by atoms with van der Waals surface area (Å²) in [5.41, 5.74) is 1.87. The van der Waals surface area contributed by atoms with E-state index in [1.807, 2.05) is 22.9 Å². The van der Waals surface area contributed by atoms with Crippen LogP contribution >= 0.6 is 11.3 Å². The summed E-state index contributed by atoms with van der Waals surface area (Å²) in [6, 6.07) is 0. The molecule has 6 nitrogen and oxygen atoms in total. The van der Waals surface area contributed by atoms with Crippen molar-refractivity contribution in [3.8, 4) is 0 Å². The lowest BCUT2D eigenvalue weighted by Gasteiger charge is -2.05. The summed E-state index contributed by atoms with van der Waals surface area (Å²) in [5.74, 6) is -0.273. The number of esters is 1. The molecule has 0 aromatic carbocycles. The normalized spacial score (nSPS) is 10.8. The predicted molar refractivity (Wildman–Crippen MR) is 80.4 cm³/mol. The molecule has 21 heavy (non-hydrogen) atoms. The zero-order valence-corrected chi connectivity index (χ0v) is 13.0. The molecule has 1 amide bonds. The highest BCUT2D eigenvalue weighted by atomic mass is 32.1. The molecule has 0 radical (unpaired) electrons. The summed E-state index contributed by atoms with van der Waals surface area (Å²) in [6.45, 7) is 4.58. The average Bonchev–Trinajstić information content (AvgIpc) is 2.96. The van der Waals surface area contributed by atoms with E-state index in [1.165, 1.54) is 11.3 Å². The van der Waals surface area contributed by atoms with E-state index in [0.29, 0.717) is 32.4 Å². The zero-order chi connectivity index (χ0) is 15.2. The molecular formula is C14H19N3O3S. The molecule has 7 heteroatoms. The molecule has 0 aliphatic carbocycles. The van der Waals surface area contributed by atoms with E-state index in [2.05, 4.69) is 10.3 Å². The Morgan fingerprint density at radius 3 is 3.05 bits per heavy atom. The Bertz CT molecular complexity index is 632. The van der Waals surface area contributed by atoms with Crippen LogP contribution in [0.4, 0.5) is 0 Å². The van der Waals surface area contributed by atoms with Crippen molar-refractivity contribution in [2.45, 2.75) is 33.1 Å². The lowest BCUT2D eigenvalue weighted by Crippen LogP contribution is -2.27. The number of nitrogens with zero attached hydrogens (tertiary/aromatic N) is 2. The second-order valence-electron chi connectivity index (χ2n) is 4.70. The fourth-order valence-electron chi connectivity index (χ4n) is 1.99. The van der Waals surface area contributed by atoms with E-state index in [1.54, 1.807) is 6.92 Å². The van der Waals surface area contributed by atoms with Crippen molar-refractivity contribution in [1.29, 1.82) is 0 Å². The molecule has 0 saturated carbocycles. The van der Waals surface area contributed by atoms with E-state index in [4.69, 9.17) is 4.74 Å². The predicted octanol–water partition coefficient (Wildman–Crippen LogP) is 1.71. The fourth-order valence-corrected chi connectivity index (χ4v) is 2.91. The number of carbonyl (C=O) groups is 2. The number of carbonyl (C=O) groups excluding carboxylic acids is 2. The maximum Gasteiger partial charge on any atom is 0.305 e. The first kappa shape index (κ1) is 15.5. The lowest BCUT2D eigenvalue weighted by molar-refractivity contribution is -0.143. The second-order valence-corrected chi connectivity index (χ2v) is 5.53. The van der Waals surface area contributed by atoms with E-state index >= 15 is 0 Å². The van der Waals surface area contributed by atoms with Gasteiger partial charge in [0.15, 0.2) is 4.96 Å². The average molecular weight is 309 g/mol. The van der Waals surface area contributed by atoms with E-state index < -0.39 is 0 Å². The van der Waals surface area contributed by atoms with Gasteiger partial charge in [0.1, 0.15) is 0 Å². The maximum absolute atomic E-state index is 11.9. The van der Waals surface area contributed by atoms with Gasteiger partial charge in [-0.2, -0.15) is 0 Å². The Hall–Kier alpha value is -1.89. The Morgan fingerprint density at radius 2 is 2.29 bits per heavy atom. The first-order chi connectivity index (χ1) is 10.1. The summed E-state index contributed by atoms with van der Waals surface area (Å²) in [5, 5.41) is 4.76. The van der Waals surface area contributed by atoms with Crippen LogP contribution in [0.1, 0.15) is 31.2 Å². The molecule has 0 aliphatic heterocycles. The summed E-state index contributed by atoms with van der Waals surface area (Å²) in [6.07, 6.45) is 3.16. The molecule has 0 saturated heterocycles. The van der Waals surface area contributed by atoms with Crippen molar-refractivity contribution in [2.24, 2.45) is 0 Å². The summed E-state index contributed by atoms with van der Waals surface area (Å²) in [4.78, 5) is 28.3. The van der Waals surface area contributed by atoms with Crippen LogP contribution in [0, 0.1) is 6.92 Å². The van der Waals surface area contributed by atoms with Gasteiger partial charge in [-0.3, -0.25) is 14.0 Å². The number of aromatic nitrogens is 2. The van der Waals surface area contributed by atoms with Gasteiger partial charge in [-0.25, -0.2) is 4.98 Å². The van der Waals surface area contributed by atoms with Crippen LogP contribution in [0.15, 0.2) is 11.6 Å². The third-order valence-electron chi connectivity index (χ3n) is 2.93. The number of hydrogen-bond donors (Lipinski definition) is 1. The van der Waals surface area contributed by atoms with Crippen LogP contribution in [0.3, 0.4) is 0 Å². The van der Waals surface area contributed by atoms with Crippen LogP contribution in [0.2, 0.25) is 0 Å². The number of ether oxygens (including phenoxy) is 1. The summed E-state index contributed by atoms with van der Waals surface area (Å²) >= 11 is 1.53. The molecule has 0 atom stereocenters. The topological polar surface area (TPSA) is 72.7 Å². The van der Waals surface area contributed by atoms with Gasteiger partial charge < -0.3 is 10.1 Å². The molecule has 2 aromatic rings. The first-order valence-electron chi connectivity index (χ1n) is 6.94. The molecule has 0 spiro atoms. The smallest absolute Gasteiger partial charge is 0.305 e. The van der Waals surface area contributed by atoms with E-state index in [0.717, 1.165) is 16.3 Å². The molecule has 2 rings (SSSR count). The van der Waals surface area contributed by atoms with Gasteiger partial charge in [-0.05, 0) is 20.3 Å². The number of thiazole rings is 1. The number of aryl methyl sites for hydroxylation is 1. The van der Waals surface area contributed by atoms with Crippen molar-refractivity contribution in [1.82, 2.24) is 14.7 Å². The van der Waals surface area contributed by atoms with Crippen LogP contribution in [-0.2, 0) is 20.7 Å². The van der Waals surface area contributed by atoms with Gasteiger partial charge >= 0.3 is 5.97 Å². The minimum atomic E-state index is -0.222. The summed E-state index contributed by atoms with van der Waals surface area (Å²) in [7, 11) is 0. The number of fused-ring (bicyclic) bond motifs is 1. The van der Waals surface area contributed by atoms with Crippen molar-refractivity contribution >= 4 is 28.2 Å². The van der Waals surface area contributed by atoms with E-state index in [9.17, 15) is 9.59 Å². The second kappa shape index (κ2) is 7.21. The van der Waals surface area contributed by atoms with Gasteiger partial charge in [0.05, 0.1) is 18.7 Å². The fraction of sp³-hybridized carbons (Fsp3) is 0.500. The number of amides is 1. The van der Waals surface area contributed by atoms with E-state index in [-0.39, 0.29) is 11.9 Å². The number of rotatable bonds is 7. The minimum Gasteiger partial charge on any atom is -0.466 e. The quantitative estimate of drug-likeness (QED) is 0.624. The molecule has 0 aliphatic rings. The third kappa shape index (κ3) is 4.29. The molecule has 114 valence electrons. The highest BCUT2D eigenvalue weighted by molar-refractivity contribution is 7.15. The molecule has 1 N–H and O–H groups in total. The monoisotopic (exact) mass is 309 g/mol. The largest absolute Gasteiger partial charge is 0.466 e. The van der Waals surface area contributed by atoms with Crippen LogP contribution in [0.25, 0.3) is 4.96 Å². The van der Waals surface area contributed by atoms with Gasteiger partial charge in [0, 0.05) is 30.2 Å². The third-order valence-corrected chi connectivity index (χ3v) is 3.82. The highest BCUT2D eigenvalue weighted by Crippen LogP contribution is 2.16. The van der Waals surface area contributed by atoms with Crippen molar-refractivity contribution in [3.63, 3.8) is 0 Å². The molecule has 2 heterocycles. The summed E-state index contributed by atoms with van der Waals surface area (Å²) < 4.78 is 6.77. The van der Waals surface area contributed by atoms with Gasteiger partial charge in [-0.1, -0.05) is 0 Å². The van der Waals surface area contributed by atoms with Gasteiger partial charge in [0.25, 0.3) is 0 Å². The molecule has 2 aromatic heterocycles. The standard InChI is InChI=1S/C14H19N3O3S/c1-3-20-13(19)5-4-6-15-12(18)7-11-9-21-14-16-10(2)8-17(11)14/h8-9H,3-7H2,1-2H3,(H,15,18). The number of nitrogens with one attached hydrogen (secondary N) is 1. The van der Waals surface area contributed by atoms with Gasteiger partial charge in [-0.15, -0.1) is 11.3 Å². The zero-order valence-electron chi connectivity index (χ0n) is 12.2. The van der Waals surface area contributed by atoms with Gasteiger partial charge in [0.2, 0.25) is 5.91 Å². The Balaban J connectivity index is 1.76. The van der Waals surface area contributed by atoms with Crippen LogP contribution in [-0.4, -0.2) is 34.4 Å². The Labute approximate surface area is 127 Å². The number of imidazole rings is 1. The Morgan fingerprint density at radius 1 is 1.48 bits per heavy atom. The SMILES string of the molecule is CCOC(=O)CCCNC(=O)Cc1csc2nc(C)cn12. The van der Waals surface area contributed by atoms with Crippen molar-refractivity contribution in [2.75, 3.05) is 13.2 Å². The highest BCUT2D eigenvalue weighted by Gasteiger charge is 2.10. The van der Waals surface area contributed by atoms with Crippen LogP contribution in [0.5, 0.6) is 0 Å². The minimum absolute atomic E-state index is 0.0510. The molecular weight excluding hydrogens is 290 g/mol. The lowest BCUT2D eigenvalue weighted by atomic mass is 10.3. The van der Waals surface area contributed by atoms with Crippen molar-refractivity contribution < 1.29 is 14.3 Å². The first-order valence-corrected chi connectivity index (χ1v) is 7.82. The number of hydrogen-bond acceptors (Lipinski definition) is 5. The molecule has 0 bridgehead atoms. The maximum atomic E-state index is 11.9.